The van der Waals surface area contributed by atoms with Crippen molar-refractivity contribution in [2.45, 2.75) is 84.7 Å². The Morgan fingerprint density at radius 1 is 0.931 bits per heavy atom. The number of carbonyl (C=O) groups is 2. The maximum atomic E-state index is 12.3. The lowest BCUT2D eigenvalue weighted by atomic mass is 10.0. The van der Waals surface area contributed by atoms with Gasteiger partial charge in [-0.2, -0.15) is 0 Å². The second kappa shape index (κ2) is 18.5. The zero-order chi connectivity index (χ0) is 21.9. The Morgan fingerprint density at radius 3 is 2.24 bits per heavy atom. The molecule has 0 spiro atoms. The summed E-state index contributed by atoms with van der Waals surface area (Å²) in [6, 6.07) is 0. The summed E-state index contributed by atoms with van der Waals surface area (Å²) in [5.41, 5.74) is 1.14. The van der Waals surface area contributed by atoms with Gasteiger partial charge in [-0.05, 0) is 46.2 Å². The van der Waals surface area contributed by atoms with Gasteiger partial charge in [0, 0.05) is 19.0 Å². The maximum absolute atomic E-state index is 12.3. The topological polar surface area (TPSA) is 65.1 Å². The van der Waals surface area contributed by atoms with Crippen LogP contribution in [0.1, 0.15) is 78.6 Å². The van der Waals surface area contributed by atoms with Crippen LogP contribution in [-0.4, -0.2) is 57.0 Å². The first-order chi connectivity index (χ1) is 13.9. The first-order valence-electron chi connectivity index (χ1n) is 11.1. The van der Waals surface area contributed by atoms with E-state index in [1.54, 1.807) is 19.4 Å². The van der Waals surface area contributed by atoms with Gasteiger partial charge in [-0.15, -0.1) is 0 Å². The molecular weight excluding hydrogens is 370 g/mol. The maximum Gasteiger partial charge on any atom is 0.508 e. The van der Waals surface area contributed by atoms with E-state index in [9.17, 15) is 9.59 Å². The van der Waals surface area contributed by atoms with Crippen molar-refractivity contribution in [2.24, 2.45) is 0 Å². The smallest absolute Gasteiger partial charge is 0.455 e. The van der Waals surface area contributed by atoms with Gasteiger partial charge >= 0.3 is 12.1 Å². The molecule has 29 heavy (non-hydrogen) atoms. The number of carbonyl (C=O) groups excluding carboxylic acids is 2. The van der Waals surface area contributed by atoms with Crippen molar-refractivity contribution in [1.82, 2.24) is 4.90 Å². The van der Waals surface area contributed by atoms with Crippen molar-refractivity contribution >= 4 is 12.1 Å². The van der Waals surface area contributed by atoms with Crippen molar-refractivity contribution in [1.29, 1.82) is 0 Å². The van der Waals surface area contributed by atoms with Gasteiger partial charge in [0.05, 0.1) is 6.61 Å². The second-order valence-electron chi connectivity index (χ2n) is 7.59. The molecule has 0 amide bonds. The first-order valence-corrected chi connectivity index (χ1v) is 11.1. The highest BCUT2D eigenvalue weighted by Crippen LogP contribution is 2.17. The molecule has 169 valence electrons. The highest BCUT2D eigenvalue weighted by Gasteiger charge is 2.15. The lowest BCUT2D eigenvalue weighted by Crippen LogP contribution is -2.25. The molecule has 0 saturated carbocycles. The number of unbranched alkanes of at least 4 members (excludes halogenated alkanes) is 4. The van der Waals surface area contributed by atoms with Crippen molar-refractivity contribution in [3.05, 3.63) is 18.1 Å². The molecule has 1 radical (unpaired) electrons. The normalized spacial score (nSPS) is 12.7. The Kier molecular flexibility index (Phi) is 17.5. The van der Waals surface area contributed by atoms with Crippen molar-refractivity contribution in [2.75, 3.05) is 33.9 Å². The van der Waals surface area contributed by atoms with Crippen LogP contribution >= 0.6 is 0 Å². The zero-order valence-corrected chi connectivity index (χ0v) is 19.2. The molecule has 1 unspecified atom stereocenters. The van der Waals surface area contributed by atoms with Gasteiger partial charge in [0.25, 0.3) is 0 Å². The Hall–Kier alpha value is -1.56. The number of hydrogen-bond acceptors (Lipinski definition) is 6. The Balaban J connectivity index is 4.38. The molecule has 6 nitrogen and oxygen atoms in total. The van der Waals surface area contributed by atoms with Crippen molar-refractivity contribution in [3.63, 3.8) is 0 Å². The Bertz CT molecular complexity index is 462. The second-order valence-corrected chi connectivity index (χ2v) is 7.59. The van der Waals surface area contributed by atoms with Gasteiger partial charge < -0.3 is 19.1 Å². The average Bonchev–Trinajstić information content (AvgIpc) is 2.69. The average molecular weight is 413 g/mol. The summed E-state index contributed by atoms with van der Waals surface area (Å²) < 4.78 is 15.5. The fourth-order valence-electron chi connectivity index (χ4n) is 2.73. The van der Waals surface area contributed by atoms with Crippen LogP contribution in [0.5, 0.6) is 0 Å². The number of ether oxygens (including phenoxy) is 3. The summed E-state index contributed by atoms with van der Waals surface area (Å²) in [6.45, 7) is 7.21. The van der Waals surface area contributed by atoms with E-state index in [-0.39, 0.29) is 12.6 Å². The first kappa shape index (κ1) is 27.4. The zero-order valence-electron chi connectivity index (χ0n) is 19.2. The third kappa shape index (κ3) is 17.0. The quantitative estimate of drug-likeness (QED) is 0.183. The fraction of sp³-hybridized carbons (Fsp3) is 0.783. The molecule has 6 heteroatoms. The molecule has 0 fully saturated rings. The van der Waals surface area contributed by atoms with E-state index in [2.05, 4.69) is 13.8 Å². The fourth-order valence-corrected chi connectivity index (χ4v) is 2.73. The summed E-state index contributed by atoms with van der Waals surface area (Å²) in [7, 11) is 3.92. The molecule has 0 aliphatic rings. The number of rotatable bonds is 17. The van der Waals surface area contributed by atoms with E-state index in [4.69, 9.17) is 14.2 Å². The predicted molar refractivity (Wildman–Crippen MR) is 117 cm³/mol. The van der Waals surface area contributed by atoms with Crippen LogP contribution in [-0.2, 0) is 19.0 Å². The summed E-state index contributed by atoms with van der Waals surface area (Å²) >= 11 is 0. The molecular formula is C23H42NO5. The van der Waals surface area contributed by atoms with Gasteiger partial charge in [-0.3, -0.25) is 0 Å². The summed E-state index contributed by atoms with van der Waals surface area (Å²) in [5.74, 6) is -0.377. The van der Waals surface area contributed by atoms with Crippen LogP contribution in [0.4, 0.5) is 4.79 Å². The SMILES string of the molecule is C[CH]C(COC(=O)OCCCN(C)C)OC(=O)/C=C(/CCCC)CCCCCC. The third-order valence-corrected chi connectivity index (χ3v) is 4.50. The molecule has 0 saturated heterocycles. The molecule has 0 aromatic heterocycles. The number of hydrogen-bond donors (Lipinski definition) is 0. The van der Waals surface area contributed by atoms with Gasteiger partial charge in [-0.25, -0.2) is 9.59 Å². The summed E-state index contributed by atoms with van der Waals surface area (Å²) in [5, 5.41) is 0. The third-order valence-electron chi connectivity index (χ3n) is 4.50. The lowest BCUT2D eigenvalue weighted by molar-refractivity contribution is -0.143. The molecule has 0 N–H and O–H groups in total. The van der Waals surface area contributed by atoms with Gasteiger partial charge in [-0.1, -0.05) is 52.0 Å². The minimum absolute atomic E-state index is 0.0383. The summed E-state index contributed by atoms with van der Waals surface area (Å²) in [4.78, 5) is 26.0. The predicted octanol–water partition coefficient (Wildman–Crippen LogP) is 5.31. The molecule has 0 heterocycles. The molecule has 0 aliphatic heterocycles. The van der Waals surface area contributed by atoms with E-state index in [0.29, 0.717) is 6.61 Å². The lowest BCUT2D eigenvalue weighted by Gasteiger charge is -2.16. The number of allylic oxidation sites excluding steroid dienone is 1. The minimum Gasteiger partial charge on any atom is -0.455 e. The Morgan fingerprint density at radius 2 is 1.62 bits per heavy atom. The highest BCUT2D eigenvalue weighted by atomic mass is 16.7. The van der Waals surface area contributed by atoms with Crippen LogP contribution < -0.4 is 0 Å². The standard InChI is InChI=1S/C23H42NO5/c1-6-9-11-12-15-20(14-10-7-2)18-22(25)29-21(8-3)19-28-23(26)27-17-13-16-24(4)5/h8,18,21H,6-7,9-17,19H2,1-5H3/b20-18-. The highest BCUT2D eigenvalue weighted by molar-refractivity contribution is 5.83. The number of esters is 1. The van der Waals surface area contributed by atoms with Crippen molar-refractivity contribution in [3.8, 4) is 0 Å². The molecule has 1 atom stereocenters. The van der Waals surface area contributed by atoms with Crippen LogP contribution in [0.3, 0.4) is 0 Å². The molecule has 0 bridgehead atoms. The van der Waals surface area contributed by atoms with Gasteiger partial charge in [0.1, 0.15) is 12.7 Å². The molecule has 0 aromatic carbocycles. The largest absolute Gasteiger partial charge is 0.508 e. The van der Waals surface area contributed by atoms with Crippen LogP contribution in [0.2, 0.25) is 0 Å². The molecule has 0 aliphatic carbocycles. The number of nitrogens with zero attached hydrogens (tertiary/aromatic N) is 1. The van der Waals surface area contributed by atoms with E-state index in [1.807, 2.05) is 19.0 Å². The monoisotopic (exact) mass is 412 g/mol. The molecule has 0 aromatic rings. The van der Waals surface area contributed by atoms with Crippen LogP contribution in [0.25, 0.3) is 0 Å². The van der Waals surface area contributed by atoms with Gasteiger partial charge in [0.15, 0.2) is 0 Å². The van der Waals surface area contributed by atoms with E-state index in [0.717, 1.165) is 50.6 Å². The van der Waals surface area contributed by atoms with E-state index < -0.39 is 12.3 Å². The molecule has 0 rings (SSSR count). The minimum atomic E-state index is -0.734. The van der Waals surface area contributed by atoms with Gasteiger partial charge in [0.2, 0.25) is 0 Å². The van der Waals surface area contributed by atoms with E-state index >= 15 is 0 Å². The summed E-state index contributed by atoms with van der Waals surface area (Å²) in [6.07, 6.45) is 11.5. The Labute approximate surface area is 178 Å². The van der Waals surface area contributed by atoms with Crippen LogP contribution in [0, 0.1) is 6.42 Å². The van der Waals surface area contributed by atoms with Crippen molar-refractivity contribution < 1.29 is 23.8 Å². The van der Waals surface area contributed by atoms with E-state index in [1.165, 1.54) is 19.3 Å². The van der Waals surface area contributed by atoms with Crippen LogP contribution in [0.15, 0.2) is 11.6 Å².